The Morgan fingerprint density at radius 2 is 1.75 bits per heavy atom. The summed E-state index contributed by atoms with van der Waals surface area (Å²) >= 11 is 0. The fraction of sp³-hybridized carbons (Fsp3) is 0.300. The summed E-state index contributed by atoms with van der Waals surface area (Å²) in [4.78, 5) is 36.5. The number of nitro benzene ring substituents is 1. The number of amides is 2. The molecule has 2 aromatic carbocycles. The normalized spacial score (nSPS) is 10.6. The topological polar surface area (TPSA) is 105 Å². The Morgan fingerprint density at radius 3 is 2.32 bits per heavy atom. The largest absolute Gasteiger partial charge is 0.355 e. The van der Waals surface area contributed by atoms with E-state index >= 15 is 0 Å². The Labute approximate surface area is 163 Å². The average molecular weight is 384 g/mol. The molecule has 0 heterocycles. The summed E-state index contributed by atoms with van der Waals surface area (Å²) < 4.78 is 0. The van der Waals surface area contributed by atoms with Gasteiger partial charge < -0.3 is 10.6 Å². The second-order valence-electron chi connectivity index (χ2n) is 6.66. The van der Waals surface area contributed by atoms with Gasteiger partial charge in [-0.2, -0.15) is 0 Å². The second kappa shape index (κ2) is 9.09. The predicted molar refractivity (Wildman–Crippen MR) is 107 cm³/mol. The number of carbonyl (C=O) groups is 2. The molecule has 0 saturated heterocycles. The van der Waals surface area contributed by atoms with Gasteiger partial charge in [-0.25, -0.2) is 0 Å². The maximum absolute atomic E-state index is 12.4. The number of nitrogens with zero attached hydrogens (tertiary/aromatic N) is 2. The zero-order valence-corrected chi connectivity index (χ0v) is 16.4. The first-order valence-electron chi connectivity index (χ1n) is 8.77. The molecule has 2 N–H and O–H groups in total. The number of carbonyl (C=O) groups excluding carboxylic acids is 2. The molecule has 0 bridgehead atoms. The molecular weight excluding hydrogens is 360 g/mol. The summed E-state index contributed by atoms with van der Waals surface area (Å²) in [6.07, 6.45) is 0. The van der Waals surface area contributed by atoms with Gasteiger partial charge in [0.05, 0.1) is 11.5 Å². The van der Waals surface area contributed by atoms with Gasteiger partial charge in [-0.05, 0) is 49.7 Å². The molecule has 8 heteroatoms. The van der Waals surface area contributed by atoms with Gasteiger partial charge in [0.1, 0.15) is 5.69 Å². The van der Waals surface area contributed by atoms with Crippen LogP contribution < -0.4 is 10.6 Å². The SMILES string of the molecule is CNC(=O)c1ccc(CN(C)CC(=O)Nc2c([N+](=O)[O-])ccc(C)c2C)cc1. The monoisotopic (exact) mass is 384 g/mol. The number of hydrogen-bond acceptors (Lipinski definition) is 5. The molecular formula is C20H24N4O4. The van der Waals surface area contributed by atoms with Crippen molar-refractivity contribution >= 4 is 23.2 Å². The highest BCUT2D eigenvalue weighted by Gasteiger charge is 2.20. The van der Waals surface area contributed by atoms with E-state index in [1.165, 1.54) is 6.07 Å². The van der Waals surface area contributed by atoms with Crippen molar-refractivity contribution in [3.8, 4) is 0 Å². The molecule has 0 saturated carbocycles. The summed E-state index contributed by atoms with van der Waals surface area (Å²) in [6.45, 7) is 4.15. The zero-order valence-electron chi connectivity index (χ0n) is 16.4. The van der Waals surface area contributed by atoms with Crippen molar-refractivity contribution in [2.24, 2.45) is 0 Å². The Bertz CT molecular complexity index is 894. The minimum absolute atomic E-state index is 0.0712. The highest BCUT2D eigenvalue weighted by Crippen LogP contribution is 2.30. The second-order valence-corrected chi connectivity index (χ2v) is 6.66. The lowest BCUT2D eigenvalue weighted by molar-refractivity contribution is -0.384. The first-order valence-corrected chi connectivity index (χ1v) is 8.77. The van der Waals surface area contributed by atoms with Crippen LogP contribution in [-0.2, 0) is 11.3 Å². The lowest BCUT2D eigenvalue weighted by atomic mass is 10.1. The Morgan fingerprint density at radius 1 is 1.11 bits per heavy atom. The summed E-state index contributed by atoms with van der Waals surface area (Å²) in [5, 5.41) is 16.5. The molecule has 0 aliphatic carbocycles. The van der Waals surface area contributed by atoms with Crippen LogP contribution in [0.3, 0.4) is 0 Å². The third kappa shape index (κ3) is 5.14. The standard InChI is InChI=1S/C20H24N4O4/c1-13-5-10-17(24(27)28)19(14(13)2)22-18(25)12-23(4)11-15-6-8-16(9-7-15)20(26)21-3/h5-10H,11-12H2,1-4H3,(H,21,26)(H,22,25). The first kappa shape index (κ1) is 21.0. The molecule has 0 aliphatic rings. The predicted octanol–water partition coefficient (Wildman–Crippen LogP) is 2.64. The van der Waals surface area contributed by atoms with Crippen molar-refractivity contribution in [3.05, 3.63) is 68.8 Å². The molecule has 28 heavy (non-hydrogen) atoms. The van der Waals surface area contributed by atoms with Crippen molar-refractivity contribution in [1.29, 1.82) is 0 Å². The van der Waals surface area contributed by atoms with Crippen molar-refractivity contribution < 1.29 is 14.5 Å². The molecule has 8 nitrogen and oxygen atoms in total. The minimum Gasteiger partial charge on any atom is -0.355 e. The zero-order chi connectivity index (χ0) is 20.8. The van der Waals surface area contributed by atoms with Crippen LogP contribution in [0.5, 0.6) is 0 Å². The van der Waals surface area contributed by atoms with E-state index < -0.39 is 4.92 Å². The maximum Gasteiger partial charge on any atom is 0.293 e. The van der Waals surface area contributed by atoms with E-state index in [-0.39, 0.29) is 29.7 Å². The molecule has 2 rings (SSSR count). The summed E-state index contributed by atoms with van der Waals surface area (Å²) in [7, 11) is 3.35. The van der Waals surface area contributed by atoms with E-state index in [2.05, 4.69) is 10.6 Å². The quantitative estimate of drug-likeness (QED) is 0.564. The van der Waals surface area contributed by atoms with Gasteiger partial charge in [0.25, 0.3) is 11.6 Å². The van der Waals surface area contributed by atoms with Crippen LogP contribution in [0.15, 0.2) is 36.4 Å². The van der Waals surface area contributed by atoms with Crippen LogP contribution in [0.4, 0.5) is 11.4 Å². The number of nitrogens with one attached hydrogen (secondary N) is 2. The first-order chi connectivity index (χ1) is 13.2. The van der Waals surface area contributed by atoms with E-state index in [4.69, 9.17) is 0 Å². The van der Waals surface area contributed by atoms with Gasteiger partial charge in [0, 0.05) is 25.2 Å². The number of rotatable bonds is 7. The van der Waals surface area contributed by atoms with Crippen molar-refractivity contribution in [2.45, 2.75) is 20.4 Å². The molecule has 0 spiro atoms. The fourth-order valence-electron chi connectivity index (χ4n) is 2.81. The summed E-state index contributed by atoms with van der Waals surface area (Å²) in [5.74, 6) is -0.490. The van der Waals surface area contributed by atoms with Gasteiger partial charge in [-0.15, -0.1) is 0 Å². The minimum atomic E-state index is -0.500. The summed E-state index contributed by atoms with van der Waals surface area (Å²) in [5.41, 5.74) is 3.16. The van der Waals surface area contributed by atoms with E-state index in [9.17, 15) is 19.7 Å². The van der Waals surface area contributed by atoms with E-state index in [0.29, 0.717) is 17.7 Å². The van der Waals surface area contributed by atoms with Gasteiger partial charge in [-0.3, -0.25) is 24.6 Å². The molecule has 0 aliphatic heterocycles. The van der Waals surface area contributed by atoms with Gasteiger partial charge >= 0.3 is 0 Å². The van der Waals surface area contributed by atoms with Crippen LogP contribution in [0, 0.1) is 24.0 Å². The molecule has 0 aromatic heterocycles. The van der Waals surface area contributed by atoms with E-state index in [1.54, 1.807) is 44.1 Å². The number of aryl methyl sites for hydroxylation is 1. The number of benzene rings is 2. The van der Waals surface area contributed by atoms with Crippen molar-refractivity contribution in [2.75, 3.05) is 26.0 Å². The number of hydrogen-bond donors (Lipinski definition) is 2. The van der Waals surface area contributed by atoms with Gasteiger partial charge in [-0.1, -0.05) is 18.2 Å². The smallest absolute Gasteiger partial charge is 0.293 e. The highest BCUT2D eigenvalue weighted by atomic mass is 16.6. The maximum atomic E-state index is 12.4. The van der Waals surface area contributed by atoms with E-state index in [1.807, 2.05) is 19.1 Å². The Balaban J connectivity index is 2.03. The molecule has 2 aromatic rings. The van der Waals surface area contributed by atoms with E-state index in [0.717, 1.165) is 11.1 Å². The lowest BCUT2D eigenvalue weighted by Crippen LogP contribution is -2.30. The van der Waals surface area contributed by atoms with Crippen LogP contribution in [-0.4, -0.2) is 42.3 Å². The van der Waals surface area contributed by atoms with Crippen molar-refractivity contribution in [3.63, 3.8) is 0 Å². The average Bonchev–Trinajstić information content (AvgIpc) is 2.65. The van der Waals surface area contributed by atoms with Crippen LogP contribution in [0.1, 0.15) is 27.0 Å². The highest BCUT2D eigenvalue weighted by molar-refractivity contribution is 5.95. The molecule has 0 fully saturated rings. The Kier molecular flexibility index (Phi) is 6.84. The molecule has 148 valence electrons. The molecule has 0 atom stereocenters. The number of nitro groups is 1. The lowest BCUT2D eigenvalue weighted by Gasteiger charge is -2.17. The van der Waals surface area contributed by atoms with Gasteiger partial charge in [0.2, 0.25) is 5.91 Å². The number of anilines is 1. The Hall–Kier alpha value is -3.26. The third-order valence-corrected chi connectivity index (χ3v) is 4.48. The van der Waals surface area contributed by atoms with Crippen LogP contribution in [0.25, 0.3) is 0 Å². The van der Waals surface area contributed by atoms with Crippen molar-refractivity contribution in [1.82, 2.24) is 10.2 Å². The molecule has 0 radical (unpaired) electrons. The molecule has 2 amide bonds. The van der Waals surface area contributed by atoms with Crippen LogP contribution in [0.2, 0.25) is 0 Å². The number of likely N-dealkylation sites (N-methyl/N-ethyl adjacent to an activating group) is 1. The third-order valence-electron chi connectivity index (χ3n) is 4.48. The molecule has 0 unspecified atom stereocenters. The van der Waals surface area contributed by atoms with Gasteiger partial charge in [0.15, 0.2) is 0 Å². The fourth-order valence-corrected chi connectivity index (χ4v) is 2.81. The van der Waals surface area contributed by atoms with Crippen LogP contribution >= 0.6 is 0 Å². The summed E-state index contributed by atoms with van der Waals surface area (Å²) in [6, 6.07) is 10.2.